The van der Waals surface area contributed by atoms with E-state index < -0.39 is 47.3 Å². The molecule has 2 saturated heterocycles. The van der Waals surface area contributed by atoms with Gasteiger partial charge in [0.1, 0.15) is 5.75 Å². The van der Waals surface area contributed by atoms with E-state index in [9.17, 15) is 33.9 Å². The van der Waals surface area contributed by atoms with Crippen molar-refractivity contribution in [3.05, 3.63) is 99.5 Å². The van der Waals surface area contributed by atoms with Gasteiger partial charge in [0.15, 0.2) is 11.6 Å². The first-order chi connectivity index (χ1) is 22.0. The van der Waals surface area contributed by atoms with Gasteiger partial charge in [-0.15, -0.1) is 0 Å². The van der Waals surface area contributed by atoms with E-state index in [-0.39, 0.29) is 42.0 Å². The van der Waals surface area contributed by atoms with E-state index in [0.29, 0.717) is 32.5 Å². The number of rotatable bonds is 5. The second kappa shape index (κ2) is 11.0. The normalized spacial score (nSPS) is 26.9. The maximum absolute atomic E-state index is 14.2. The predicted octanol–water partition coefficient (Wildman–Crippen LogP) is 5.61. The zero-order chi connectivity index (χ0) is 32.6. The Hall–Kier alpha value is -4.70. The lowest BCUT2D eigenvalue weighted by Gasteiger charge is -2.44. The highest BCUT2D eigenvalue weighted by Crippen LogP contribution is 2.59. The third-order valence-corrected chi connectivity index (χ3v) is 10.5. The Labute approximate surface area is 273 Å². The molecule has 46 heavy (non-hydrogen) atoms. The van der Waals surface area contributed by atoms with E-state index in [2.05, 4.69) is 15.9 Å². The number of phenols is 1. The summed E-state index contributed by atoms with van der Waals surface area (Å²) >= 11 is 3.48. The molecule has 1 saturated carbocycles. The van der Waals surface area contributed by atoms with Gasteiger partial charge in [-0.3, -0.25) is 38.6 Å². The molecule has 232 valence electrons. The Bertz CT molecular complexity index is 1900. The minimum absolute atomic E-state index is 0.0406. The van der Waals surface area contributed by atoms with Crippen molar-refractivity contribution >= 4 is 62.5 Å². The van der Waals surface area contributed by atoms with Crippen LogP contribution >= 0.6 is 15.9 Å². The summed E-state index contributed by atoms with van der Waals surface area (Å²) in [7, 11) is 0. The van der Waals surface area contributed by atoms with Crippen molar-refractivity contribution < 1.29 is 33.9 Å². The molecule has 4 aliphatic rings. The summed E-state index contributed by atoms with van der Waals surface area (Å²) < 4.78 is 0.675. The molecule has 7 rings (SSSR count). The summed E-state index contributed by atoms with van der Waals surface area (Å²) in [5.41, 5.74) is 2.85. The Balaban J connectivity index is 1.31. The number of Topliss-reactive ketones (excluding diaryl/α,β-unsaturated/α-hetero) is 2. The predicted molar refractivity (Wildman–Crippen MR) is 171 cm³/mol. The highest BCUT2D eigenvalue weighted by molar-refractivity contribution is 9.10. The number of halogens is 1. The molecule has 10 heteroatoms. The van der Waals surface area contributed by atoms with E-state index in [1.54, 1.807) is 60.7 Å². The van der Waals surface area contributed by atoms with Gasteiger partial charge in [-0.05, 0) is 99.3 Å². The molecule has 3 aromatic rings. The number of hydrogen-bond acceptors (Lipinski definition) is 7. The molecule has 0 bridgehead atoms. The van der Waals surface area contributed by atoms with Gasteiger partial charge in [-0.25, -0.2) is 0 Å². The van der Waals surface area contributed by atoms with Crippen molar-refractivity contribution in [1.82, 2.24) is 0 Å². The van der Waals surface area contributed by atoms with E-state index in [0.717, 1.165) is 10.5 Å². The molecular weight excluding hydrogens is 652 g/mol. The molecule has 6 atom stereocenters. The highest BCUT2D eigenvalue weighted by Gasteiger charge is 2.62. The number of benzene rings is 3. The fourth-order valence-corrected chi connectivity index (χ4v) is 8.29. The molecule has 6 unspecified atom stereocenters. The van der Waals surface area contributed by atoms with E-state index in [4.69, 9.17) is 0 Å². The van der Waals surface area contributed by atoms with Gasteiger partial charge in [0, 0.05) is 27.1 Å². The van der Waals surface area contributed by atoms with Gasteiger partial charge in [-0.2, -0.15) is 0 Å². The third kappa shape index (κ3) is 4.49. The molecule has 1 N–H and O–H groups in total. The van der Waals surface area contributed by atoms with Crippen LogP contribution in [0, 0.1) is 29.6 Å². The van der Waals surface area contributed by atoms with Crippen molar-refractivity contribution in [1.29, 1.82) is 0 Å². The Kier molecular flexibility index (Phi) is 7.15. The van der Waals surface area contributed by atoms with Crippen LogP contribution < -0.4 is 9.80 Å². The number of phenolic OH excluding ortho intramolecular Hbond substituents is 1. The Morgan fingerprint density at radius 1 is 0.696 bits per heavy atom. The minimum atomic E-state index is -0.846. The Morgan fingerprint density at radius 3 is 1.76 bits per heavy atom. The number of allylic oxidation sites excluding steroid dienone is 2. The van der Waals surface area contributed by atoms with Crippen LogP contribution in [0.2, 0.25) is 0 Å². The zero-order valence-corrected chi connectivity index (χ0v) is 26.6. The molecule has 3 aromatic carbocycles. The van der Waals surface area contributed by atoms with Crippen LogP contribution in [0.5, 0.6) is 5.75 Å². The van der Waals surface area contributed by atoms with E-state index in [1.165, 1.54) is 24.8 Å². The van der Waals surface area contributed by atoms with Gasteiger partial charge in [-0.1, -0.05) is 27.6 Å². The average molecular weight is 682 g/mol. The second-order valence-electron chi connectivity index (χ2n) is 12.5. The number of nitrogens with zero attached hydrogens (tertiary/aromatic N) is 2. The number of ketones is 2. The molecule has 9 nitrogen and oxygen atoms in total. The number of imide groups is 2. The van der Waals surface area contributed by atoms with Crippen LogP contribution in [-0.2, 0) is 19.2 Å². The molecule has 4 amide bonds. The highest BCUT2D eigenvalue weighted by atomic mass is 79.9. The quantitative estimate of drug-likeness (QED) is 0.211. The molecular formula is C36H29BrN2O7. The van der Waals surface area contributed by atoms with Crippen LogP contribution in [0.4, 0.5) is 11.4 Å². The molecule has 0 aromatic heterocycles. The fraction of sp³-hybridized carbons (Fsp3) is 0.278. The van der Waals surface area contributed by atoms with Crippen LogP contribution in [-0.4, -0.2) is 40.3 Å². The minimum Gasteiger partial charge on any atom is -0.508 e. The fourth-order valence-electron chi connectivity index (χ4n) is 7.91. The number of amides is 4. The van der Waals surface area contributed by atoms with E-state index in [1.807, 2.05) is 6.08 Å². The summed E-state index contributed by atoms with van der Waals surface area (Å²) in [6.45, 7) is 2.88. The molecule has 0 spiro atoms. The molecule has 2 aliphatic carbocycles. The number of hydrogen-bond donors (Lipinski definition) is 1. The van der Waals surface area contributed by atoms with Crippen molar-refractivity contribution in [3.63, 3.8) is 0 Å². The maximum atomic E-state index is 14.2. The lowest BCUT2D eigenvalue weighted by molar-refractivity contribution is -0.126. The van der Waals surface area contributed by atoms with E-state index >= 15 is 0 Å². The van der Waals surface area contributed by atoms with Crippen molar-refractivity contribution in [2.45, 2.75) is 32.6 Å². The summed E-state index contributed by atoms with van der Waals surface area (Å²) in [6, 6.07) is 17.6. The van der Waals surface area contributed by atoms with Crippen molar-refractivity contribution in [3.8, 4) is 5.75 Å². The lowest BCUT2D eigenvalue weighted by atomic mass is 9.57. The molecule has 3 fully saturated rings. The molecule has 2 aliphatic heterocycles. The average Bonchev–Trinajstić information content (AvgIpc) is 3.45. The summed E-state index contributed by atoms with van der Waals surface area (Å²) in [5.74, 6) is -6.19. The number of carbonyl (C=O) groups excluding carboxylic acids is 6. The van der Waals surface area contributed by atoms with Crippen molar-refractivity contribution in [2.75, 3.05) is 9.80 Å². The topological polar surface area (TPSA) is 129 Å². The van der Waals surface area contributed by atoms with Gasteiger partial charge >= 0.3 is 0 Å². The first kappa shape index (κ1) is 30.0. The molecule has 0 radical (unpaired) electrons. The first-order valence-electron chi connectivity index (χ1n) is 15.1. The molecule has 2 heterocycles. The summed E-state index contributed by atoms with van der Waals surface area (Å²) in [6.07, 6.45) is 2.37. The monoisotopic (exact) mass is 680 g/mol. The van der Waals surface area contributed by atoms with Crippen LogP contribution in [0.1, 0.15) is 58.9 Å². The van der Waals surface area contributed by atoms with Gasteiger partial charge < -0.3 is 5.11 Å². The number of anilines is 2. The SMILES string of the molecule is CC(=O)c1ccc(N2C(=O)C3CC=C4C(CC5C(=O)N(c6ccc(C(C)=O)cc6)C(=O)C5C4c4cc(Br)ccc4O)C3C2=O)cc1. The number of fused-ring (bicyclic) bond motifs is 4. The second-order valence-corrected chi connectivity index (χ2v) is 13.4. The van der Waals surface area contributed by atoms with Gasteiger partial charge in [0.2, 0.25) is 23.6 Å². The third-order valence-electron chi connectivity index (χ3n) is 10.0. The van der Waals surface area contributed by atoms with Crippen molar-refractivity contribution in [2.24, 2.45) is 29.6 Å². The van der Waals surface area contributed by atoms with Crippen LogP contribution in [0.3, 0.4) is 0 Å². The largest absolute Gasteiger partial charge is 0.508 e. The Morgan fingerprint density at radius 2 is 1.22 bits per heavy atom. The number of aromatic hydroxyl groups is 1. The maximum Gasteiger partial charge on any atom is 0.238 e. The van der Waals surface area contributed by atoms with Crippen LogP contribution in [0.25, 0.3) is 0 Å². The summed E-state index contributed by atoms with van der Waals surface area (Å²) in [4.78, 5) is 82.3. The lowest BCUT2D eigenvalue weighted by Crippen LogP contribution is -2.43. The van der Waals surface area contributed by atoms with Gasteiger partial charge in [0.05, 0.1) is 35.0 Å². The summed E-state index contributed by atoms with van der Waals surface area (Å²) in [5, 5.41) is 11.1. The van der Waals surface area contributed by atoms with Crippen LogP contribution in [0.15, 0.2) is 82.9 Å². The standard InChI is InChI=1S/C36H29BrN2O7/c1-17(40)19-3-8-22(9-4-19)38-33(43)25-13-12-24-26(31(25)35(38)45)16-28-32(30(24)27-15-21(37)7-14-29(27)42)36(46)39(34(28)44)23-10-5-20(6-11-23)18(2)41/h3-12,14-15,25-26,28,30-32,42H,13,16H2,1-2H3. The first-order valence-corrected chi connectivity index (χ1v) is 15.9. The zero-order valence-electron chi connectivity index (χ0n) is 25.0. The number of carbonyl (C=O) groups is 6. The smallest absolute Gasteiger partial charge is 0.238 e. The van der Waals surface area contributed by atoms with Gasteiger partial charge in [0.25, 0.3) is 0 Å².